The van der Waals surface area contributed by atoms with Crippen molar-refractivity contribution in [2.24, 2.45) is 5.41 Å². The highest BCUT2D eigenvalue weighted by atomic mass is 28.3. The Hall–Kier alpha value is 0.217. The van der Waals surface area contributed by atoms with Crippen LogP contribution in [0.2, 0.25) is 25.2 Å². The largest absolute Gasteiger partial charge is 0.0693 e. The Balaban J connectivity index is 0.000000151. The quantitative estimate of drug-likeness (QED) is 0.481. The Kier molecular flexibility index (Phi) is 4.89. The fourth-order valence-corrected chi connectivity index (χ4v) is 5.51. The normalized spacial score (nSPS) is 28.0. The fraction of sp³-hybridized carbons (Fsp3) is 1.00. The zero-order chi connectivity index (χ0) is 11.4. The summed E-state index contributed by atoms with van der Waals surface area (Å²) in [5.41, 5.74) is 0.679. The maximum Gasteiger partial charge on any atom is 0.0473 e. The Morgan fingerprint density at radius 2 is 1.20 bits per heavy atom. The molecule has 0 aromatic carbocycles. The molecule has 0 aromatic rings. The lowest BCUT2D eigenvalue weighted by Gasteiger charge is -2.28. The molecule has 0 amide bonds. The van der Waals surface area contributed by atoms with Gasteiger partial charge in [0.1, 0.15) is 0 Å². The summed E-state index contributed by atoms with van der Waals surface area (Å²) in [5, 5.41) is 0. The van der Waals surface area contributed by atoms with Gasteiger partial charge in [-0.05, 0) is 18.3 Å². The highest BCUT2D eigenvalue weighted by Crippen LogP contribution is 2.34. The lowest BCUT2D eigenvalue weighted by molar-refractivity contribution is 0.244. The van der Waals surface area contributed by atoms with E-state index in [0.717, 1.165) is 0 Å². The van der Waals surface area contributed by atoms with Crippen LogP contribution in [0.25, 0.3) is 0 Å². The van der Waals surface area contributed by atoms with Crippen molar-refractivity contribution >= 4 is 8.07 Å². The molecule has 0 aromatic heterocycles. The van der Waals surface area contributed by atoms with Gasteiger partial charge in [-0.3, -0.25) is 0 Å². The van der Waals surface area contributed by atoms with Gasteiger partial charge < -0.3 is 0 Å². The van der Waals surface area contributed by atoms with Crippen LogP contribution in [0.15, 0.2) is 0 Å². The molecular weight excluding hydrogens is 196 g/mol. The highest BCUT2D eigenvalue weighted by molar-refractivity contribution is 6.77. The Bertz CT molecular complexity index is 166. The van der Waals surface area contributed by atoms with Crippen LogP contribution in [0.3, 0.4) is 0 Å². The SMILES string of the molecule is CC1(C)CCCCC1.C[Si]1(C)CCCC1. The first-order valence-electron chi connectivity index (χ1n) is 6.91. The van der Waals surface area contributed by atoms with Gasteiger partial charge in [0.25, 0.3) is 0 Å². The van der Waals surface area contributed by atoms with Crippen molar-refractivity contribution < 1.29 is 0 Å². The summed E-state index contributed by atoms with van der Waals surface area (Å²) < 4.78 is 0. The molecule has 0 nitrogen and oxygen atoms in total. The minimum Gasteiger partial charge on any atom is -0.0693 e. The van der Waals surface area contributed by atoms with Crippen molar-refractivity contribution in [1.82, 2.24) is 0 Å². The Morgan fingerprint density at radius 3 is 1.40 bits per heavy atom. The molecule has 1 aliphatic heterocycles. The molecule has 90 valence electrons. The minimum absolute atomic E-state index is 0.540. The van der Waals surface area contributed by atoms with Crippen LogP contribution in [0.1, 0.15) is 58.8 Å². The maximum atomic E-state index is 2.50. The summed E-state index contributed by atoms with van der Waals surface area (Å²) in [4.78, 5) is 0. The average molecular weight is 226 g/mol. The first kappa shape index (κ1) is 13.3. The molecule has 1 saturated carbocycles. The van der Waals surface area contributed by atoms with E-state index in [9.17, 15) is 0 Å². The van der Waals surface area contributed by atoms with Crippen molar-refractivity contribution in [3.63, 3.8) is 0 Å². The van der Waals surface area contributed by atoms with E-state index in [0.29, 0.717) is 5.41 Å². The molecule has 2 fully saturated rings. The van der Waals surface area contributed by atoms with Gasteiger partial charge in [0.2, 0.25) is 0 Å². The zero-order valence-corrected chi connectivity index (χ0v) is 12.4. The predicted molar refractivity (Wildman–Crippen MR) is 73.2 cm³/mol. The van der Waals surface area contributed by atoms with E-state index in [1.165, 1.54) is 44.9 Å². The van der Waals surface area contributed by atoms with Gasteiger partial charge in [0, 0.05) is 8.07 Å². The summed E-state index contributed by atoms with van der Waals surface area (Å²) in [6.07, 6.45) is 10.4. The monoisotopic (exact) mass is 226 g/mol. The average Bonchev–Trinajstić information content (AvgIpc) is 2.51. The van der Waals surface area contributed by atoms with Gasteiger partial charge in [0.15, 0.2) is 0 Å². The second-order valence-corrected chi connectivity index (χ2v) is 12.4. The van der Waals surface area contributed by atoms with Crippen LogP contribution < -0.4 is 0 Å². The molecule has 0 radical (unpaired) electrons. The fourth-order valence-electron chi connectivity index (χ4n) is 2.84. The van der Waals surface area contributed by atoms with Gasteiger partial charge in [-0.25, -0.2) is 0 Å². The number of rotatable bonds is 0. The van der Waals surface area contributed by atoms with E-state index in [1.807, 2.05) is 0 Å². The van der Waals surface area contributed by atoms with E-state index in [1.54, 1.807) is 12.1 Å². The topological polar surface area (TPSA) is 0 Å². The van der Waals surface area contributed by atoms with Gasteiger partial charge in [-0.1, -0.05) is 71.1 Å². The van der Waals surface area contributed by atoms with Crippen molar-refractivity contribution in [1.29, 1.82) is 0 Å². The third kappa shape index (κ3) is 5.75. The molecule has 2 aliphatic rings. The van der Waals surface area contributed by atoms with E-state index in [-0.39, 0.29) is 0 Å². The molecule has 0 spiro atoms. The van der Waals surface area contributed by atoms with Crippen LogP contribution in [0.5, 0.6) is 0 Å². The van der Waals surface area contributed by atoms with Gasteiger partial charge in [0.05, 0.1) is 0 Å². The van der Waals surface area contributed by atoms with Crippen molar-refractivity contribution in [3.05, 3.63) is 0 Å². The summed E-state index contributed by atoms with van der Waals surface area (Å²) >= 11 is 0. The molecule has 15 heavy (non-hydrogen) atoms. The smallest absolute Gasteiger partial charge is 0.0473 e. The molecular formula is C14H30Si. The van der Waals surface area contributed by atoms with Crippen LogP contribution in [-0.2, 0) is 0 Å². The third-order valence-corrected chi connectivity index (χ3v) is 7.58. The van der Waals surface area contributed by atoms with Crippen LogP contribution in [-0.4, -0.2) is 8.07 Å². The predicted octanol–water partition coefficient (Wildman–Crippen LogP) is 5.47. The van der Waals surface area contributed by atoms with Crippen molar-refractivity contribution in [2.45, 2.75) is 84.0 Å². The molecule has 0 bridgehead atoms. The van der Waals surface area contributed by atoms with Crippen LogP contribution >= 0.6 is 0 Å². The second kappa shape index (κ2) is 5.52. The summed E-state index contributed by atoms with van der Waals surface area (Å²) in [6.45, 7) is 9.76. The van der Waals surface area contributed by atoms with E-state index >= 15 is 0 Å². The van der Waals surface area contributed by atoms with E-state index < -0.39 is 8.07 Å². The number of hydrogen-bond acceptors (Lipinski definition) is 0. The first-order valence-corrected chi connectivity index (χ1v) is 10.3. The highest BCUT2D eigenvalue weighted by Gasteiger charge is 2.24. The summed E-state index contributed by atoms with van der Waals surface area (Å²) in [5.74, 6) is 0. The Morgan fingerprint density at radius 1 is 0.733 bits per heavy atom. The van der Waals surface area contributed by atoms with Crippen LogP contribution in [0.4, 0.5) is 0 Å². The van der Waals surface area contributed by atoms with Crippen molar-refractivity contribution in [3.8, 4) is 0 Å². The third-order valence-electron chi connectivity index (χ3n) is 4.16. The maximum absolute atomic E-state index is 2.50. The standard InChI is InChI=1S/C8H16.C6H14Si/c1-8(2)6-4-3-5-7-8;1-7(2)5-3-4-6-7/h3-7H2,1-2H3;3-6H2,1-2H3. The van der Waals surface area contributed by atoms with E-state index in [2.05, 4.69) is 26.9 Å². The van der Waals surface area contributed by atoms with Gasteiger partial charge >= 0.3 is 0 Å². The molecule has 1 heterocycles. The van der Waals surface area contributed by atoms with Crippen LogP contribution in [0, 0.1) is 5.41 Å². The molecule has 0 unspecified atom stereocenters. The van der Waals surface area contributed by atoms with E-state index in [4.69, 9.17) is 0 Å². The number of hydrogen-bond donors (Lipinski definition) is 0. The second-order valence-electron chi connectivity index (χ2n) is 7.10. The summed E-state index contributed by atoms with van der Waals surface area (Å²) in [6, 6.07) is 3.18. The van der Waals surface area contributed by atoms with Crippen molar-refractivity contribution in [2.75, 3.05) is 0 Å². The van der Waals surface area contributed by atoms with Gasteiger partial charge in [-0.2, -0.15) is 0 Å². The summed E-state index contributed by atoms with van der Waals surface area (Å²) in [7, 11) is -0.540. The minimum atomic E-state index is -0.540. The lowest BCUT2D eigenvalue weighted by Crippen LogP contribution is -2.17. The molecule has 1 aliphatic carbocycles. The Labute approximate surface area is 97.9 Å². The first-order chi connectivity index (χ1) is 6.91. The molecule has 0 atom stereocenters. The lowest BCUT2D eigenvalue weighted by atomic mass is 9.78. The molecule has 1 heteroatoms. The van der Waals surface area contributed by atoms with Gasteiger partial charge in [-0.15, -0.1) is 0 Å². The zero-order valence-electron chi connectivity index (χ0n) is 11.4. The molecule has 2 rings (SSSR count). The molecule has 0 N–H and O–H groups in total. The molecule has 1 saturated heterocycles.